The fourth-order valence-electron chi connectivity index (χ4n) is 1.72. The van der Waals surface area contributed by atoms with Gasteiger partial charge in [0.1, 0.15) is 6.54 Å². The van der Waals surface area contributed by atoms with Gasteiger partial charge in [0.15, 0.2) is 0 Å². The van der Waals surface area contributed by atoms with Crippen LogP contribution in [0.25, 0.3) is 0 Å². The van der Waals surface area contributed by atoms with Crippen LogP contribution in [0.15, 0.2) is 6.20 Å². The number of rotatable bonds is 5. The molecule has 0 atom stereocenters. The highest BCUT2D eigenvalue weighted by molar-refractivity contribution is 5.80. The number of aromatic amines is 1. The molecule has 0 radical (unpaired) electrons. The zero-order valence-electron chi connectivity index (χ0n) is 10.1. The molecular weight excluding hydrogens is 236 g/mol. The van der Waals surface area contributed by atoms with E-state index in [1.807, 2.05) is 6.92 Å². The molecule has 7 nitrogen and oxygen atoms in total. The van der Waals surface area contributed by atoms with E-state index in [-0.39, 0.29) is 18.6 Å². The first-order valence-electron chi connectivity index (χ1n) is 5.83. The summed E-state index contributed by atoms with van der Waals surface area (Å²) in [5.41, 5.74) is 1.79. The Balaban J connectivity index is 1.89. The molecule has 0 aliphatic heterocycles. The van der Waals surface area contributed by atoms with Crippen LogP contribution in [0.5, 0.6) is 0 Å². The van der Waals surface area contributed by atoms with Gasteiger partial charge in [0, 0.05) is 23.8 Å². The number of hydrogen-bond acceptors (Lipinski definition) is 3. The average molecular weight is 252 g/mol. The van der Waals surface area contributed by atoms with Gasteiger partial charge < -0.3 is 15.3 Å². The molecule has 2 rings (SSSR count). The number of carbonyl (C=O) groups is 2. The molecule has 1 fully saturated rings. The second-order valence-corrected chi connectivity index (χ2v) is 4.43. The quantitative estimate of drug-likeness (QED) is 0.709. The molecule has 0 spiro atoms. The van der Waals surface area contributed by atoms with E-state index in [2.05, 4.69) is 15.5 Å². The first-order valence-corrected chi connectivity index (χ1v) is 5.83. The summed E-state index contributed by atoms with van der Waals surface area (Å²) in [7, 11) is 0. The van der Waals surface area contributed by atoms with Gasteiger partial charge in [-0.15, -0.1) is 0 Å². The molecule has 2 amide bonds. The summed E-state index contributed by atoms with van der Waals surface area (Å²) < 4.78 is 0. The van der Waals surface area contributed by atoms with Crippen LogP contribution in [0.4, 0.5) is 4.79 Å². The number of carbonyl (C=O) groups excluding carboxylic acids is 1. The molecule has 1 aromatic rings. The second-order valence-electron chi connectivity index (χ2n) is 4.43. The van der Waals surface area contributed by atoms with Gasteiger partial charge >= 0.3 is 12.0 Å². The van der Waals surface area contributed by atoms with Crippen LogP contribution < -0.4 is 5.32 Å². The Bertz CT molecular complexity index is 453. The lowest BCUT2D eigenvalue weighted by atomic mass is 10.3. The maximum Gasteiger partial charge on any atom is 0.323 e. The van der Waals surface area contributed by atoms with Gasteiger partial charge in [-0.25, -0.2) is 4.79 Å². The maximum absolute atomic E-state index is 11.9. The number of hydrogen-bond donors (Lipinski definition) is 3. The third kappa shape index (κ3) is 2.99. The minimum absolute atomic E-state index is 0.0755. The summed E-state index contributed by atoms with van der Waals surface area (Å²) in [6.45, 7) is 1.97. The SMILES string of the molecule is Cc1[nH]ncc1CNC(=O)N(CC(=O)O)C1CC1. The Morgan fingerprint density at radius 1 is 1.61 bits per heavy atom. The smallest absolute Gasteiger partial charge is 0.323 e. The molecule has 1 heterocycles. The van der Waals surface area contributed by atoms with Crippen molar-refractivity contribution >= 4 is 12.0 Å². The first kappa shape index (κ1) is 12.4. The average Bonchev–Trinajstić information content (AvgIpc) is 3.07. The van der Waals surface area contributed by atoms with Gasteiger partial charge in [-0.1, -0.05) is 0 Å². The summed E-state index contributed by atoms with van der Waals surface area (Å²) >= 11 is 0. The number of H-pyrrole nitrogens is 1. The van der Waals surface area contributed by atoms with E-state index in [4.69, 9.17) is 5.11 Å². The van der Waals surface area contributed by atoms with Crippen molar-refractivity contribution < 1.29 is 14.7 Å². The van der Waals surface area contributed by atoms with Gasteiger partial charge in [-0.05, 0) is 19.8 Å². The van der Waals surface area contributed by atoms with E-state index in [1.54, 1.807) is 6.20 Å². The van der Waals surface area contributed by atoms with Crippen molar-refractivity contribution in [3.8, 4) is 0 Å². The van der Waals surface area contributed by atoms with Crippen LogP contribution in [-0.2, 0) is 11.3 Å². The van der Waals surface area contributed by atoms with Crippen LogP contribution in [0.1, 0.15) is 24.1 Å². The summed E-state index contributed by atoms with van der Waals surface area (Å²) in [6.07, 6.45) is 3.41. The van der Waals surface area contributed by atoms with Gasteiger partial charge in [0.25, 0.3) is 0 Å². The van der Waals surface area contributed by atoms with Crippen molar-refractivity contribution in [2.24, 2.45) is 0 Å². The topological polar surface area (TPSA) is 98.3 Å². The van der Waals surface area contributed by atoms with Crippen molar-refractivity contribution in [1.29, 1.82) is 0 Å². The van der Waals surface area contributed by atoms with Crippen molar-refractivity contribution in [3.63, 3.8) is 0 Å². The van der Waals surface area contributed by atoms with Crippen LogP contribution in [0.3, 0.4) is 0 Å². The highest BCUT2D eigenvalue weighted by Gasteiger charge is 2.33. The number of aryl methyl sites for hydroxylation is 1. The molecule has 1 aromatic heterocycles. The molecule has 98 valence electrons. The molecule has 0 saturated heterocycles. The normalized spacial score (nSPS) is 14.3. The summed E-state index contributed by atoms with van der Waals surface area (Å²) in [5.74, 6) is -0.989. The van der Waals surface area contributed by atoms with Crippen LogP contribution >= 0.6 is 0 Å². The number of nitrogens with one attached hydrogen (secondary N) is 2. The predicted octanol–water partition coefficient (Wildman–Crippen LogP) is 0.477. The highest BCUT2D eigenvalue weighted by Crippen LogP contribution is 2.26. The van der Waals surface area contributed by atoms with Gasteiger partial charge in [0.05, 0.1) is 6.20 Å². The Morgan fingerprint density at radius 2 is 2.33 bits per heavy atom. The second kappa shape index (κ2) is 5.07. The van der Waals surface area contributed by atoms with Crippen molar-refractivity contribution in [3.05, 3.63) is 17.5 Å². The van der Waals surface area contributed by atoms with E-state index in [1.165, 1.54) is 4.90 Å². The van der Waals surface area contributed by atoms with E-state index in [0.29, 0.717) is 6.54 Å². The summed E-state index contributed by atoms with van der Waals surface area (Å²) in [5, 5.41) is 18.1. The van der Waals surface area contributed by atoms with Gasteiger partial charge in [-0.2, -0.15) is 5.10 Å². The number of amides is 2. The van der Waals surface area contributed by atoms with Crippen LogP contribution in [-0.4, -0.2) is 44.8 Å². The third-order valence-corrected chi connectivity index (χ3v) is 2.92. The van der Waals surface area contributed by atoms with E-state index in [9.17, 15) is 9.59 Å². The molecule has 1 aliphatic carbocycles. The minimum atomic E-state index is -0.989. The zero-order valence-corrected chi connectivity index (χ0v) is 10.1. The Hall–Kier alpha value is -2.05. The van der Waals surface area contributed by atoms with Crippen LogP contribution in [0.2, 0.25) is 0 Å². The van der Waals surface area contributed by atoms with E-state index < -0.39 is 5.97 Å². The Labute approximate surface area is 104 Å². The molecule has 0 aromatic carbocycles. The zero-order chi connectivity index (χ0) is 13.1. The van der Waals surface area contributed by atoms with Gasteiger partial charge in [-0.3, -0.25) is 9.89 Å². The van der Waals surface area contributed by atoms with Crippen molar-refractivity contribution in [2.75, 3.05) is 6.54 Å². The fraction of sp³-hybridized carbons (Fsp3) is 0.545. The fourth-order valence-corrected chi connectivity index (χ4v) is 1.72. The molecule has 7 heteroatoms. The molecular formula is C11H16N4O3. The summed E-state index contributed by atoms with van der Waals surface area (Å²) in [6, 6.07) is -0.257. The number of urea groups is 1. The number of carboxylic acids is 1. The number of aromatic nitrogens is 2. The molecule has 0 bridgehead atoms. The lowest BCUT2D eigenvalue weighted by Crippen LogP contribution is -2.43. The molecule has 18 heavy (non-hydrogen) atoms. The molecule has 1 aliphatic rings. The van der Waals surface area contributed by atoms with Crippen LogP contribution in [0, 0.1) is 6.92 Å². The lowest BCUT2D eigenvalue weighted by Gasteiger charge is -2.20. The van der Waals surface area contributed by atoms with E-state index >= 15 is 0 Å². The summed E-state index contributed by atoms with van der Waals surface area (Å²) in [4.78, 5) is 24.0. The lowest BCUT2D eigenvalue weighted by molar-refractivity contribution is -0.137. The first-order chi connectivity index (χ1) is 8.58. The van der Waals surface area contributed by atoms with Crippen molar-refractivity contribution in [2.45, 2.75) is 32.4 Å². The largest absolute Gasteiger partial charge is 0.480 e. The molecule has 3 N–H and O–H groups in total. The molecule has 1 saturated carbocycles. The Kier molecular flexibility index (Phi) is 3.50. The third-order valence-electron chi connectivity index (χ3n) is 2.92. The predicted molar refractivity (Wildman–Crippen MR) is 62.9 cm³/mol. The van der Waals surface area contributed by atoms with Gasteiger partial charge in [0.2, 0.25) is 0 Å². The standard InChI is InChI=1S/C11H16N4O3/c1-7-8(5-13-14-7)4-12-11(18)15(6-10(16)17)9-2-3-9/h5,9H,2-4,6H2,1H3,(H,12,18)(H,13,14)(H,16,17). The number of carboxylic acid groups (broad SMARTS) is 1. The maximum atomic E-state index is 11.9. The minimum Gasteiger partial charge on any atom is -0.480 e. The number of nitrogens with zero attached hydrogens (tertiary/aromatic N) is 2. The molecule has 0 unspecified atom stereocenters. The highest BCUT2D eigenvalue weighted by atomic mass is 16.4. The Morgan fingerprint density at radius 3 is 2.83 bits per heavy atom. The van der Waals surface area contributed by atoms with Crippen molar-refractivity contribution in [1.82, 2.24) is 20.4 Å². The van der Waals surface area contributed by atoms with E-state index in [0.717, 1.165) is 24.1 Å². The monoisotopic (exact) mass is 252 g/mol. The number of aliphatic carboxylic acids is 1.